The zero-order chi connectivity index (χ0) is 13.9. The fourth-order valence-corrected chi connectivity index (χ4v) is 4.28. The predicted octanol–water partition coefficient (Wildman–Crippen LogP) is 3.17. The van der Waals surface area contributed by atoms with Crippen LogP contribution in [0.4, 0.5) is 0 Å². The smallest absolute Gasteiger partial charge is 0.261 e. The topological polar surface area (TPSA) is 38.3 Å². The summed E-state index contributed by atoms with van der Waals surface area (Å²) in [5, 5.41) is 3.02. The second-order valence-electron chi connectivity index (χ2n) is 5.92. The van der Waals surface area contributed by atoms with Gasteiger partial charge >= 0.3 is 0 Å². The van der Waals surface area contributed by atoms with Crippen molar-refractivity contribution in [1.29, 1.82) is 0 Å². The third-order valence-corrected chi connectivity index (χ3v) is 5.74. The number of amides is 1. The van der Waals surface area contributed by atoms with Gasteiger partial charge in [-0.2, -0.15) is 0 Å². The molecule has 110 valence electrons. The first-order valence-electron chi connectivity index (χ1n) is 7.77. The van der Waals surface area contributed by atoms with Crippen LogP contribution in [0.3, 0.4) is 0 Å². The van der Waals surface area contributed by atoms with Crippen molar-refractivity contribution in [2.45, 2.75) is 51.6 Å². The van der Waals surface area contributed by atoms with Crippen LogP contribution in [0.15, 0.2) is 6.07 Å². The lowest BCUT2D eigenvalue weighted by molar-refractivity contribution is 0.0861. The van der Waals surface area contributed by atoms with Crippen molar-refractivity contribution >= 4 is 17.2 Å². The van der Waals surface area contributed by atoms with Gasteiger partial charge in [-0.05, 0) is 49.7 Å². The number of aryl methyl sites for hydroxylation is 1. The Morgan fingerprint density at radius 2 is 2.40 bits per heavy atom. The minimum Gasteiger partial charge on any atom is -0.376 e. The summed E-state index contributed by atoms with van der Waals surface area (Å²) >= 11 is 1.69. The predicted molar refractivity (Wildman–Crippen MR) is 81.4 cm³/mol. The minimum atomic E-state index is 0.0768. The maximum Gasteiger partial charge on any atom is 0.261 e. The molecule has 3 nitrogen and oxygen atoms in total. The summed E-state index contributed by atoms with van der Waals surface area (Å²) in [6.45, 7) is 3.75. The number of carbonyl (C=O) groups excluding carboxylic acids is 1. The average Bonchev–Trinajstić information content (AvgIpc) is 3.12. The standard InChI is InChI=1S/C16H23NO2S/c1-2-11-5-6-14-12(8-11)9-15(20-14)16(18)17-10-13-4-3-7-19-13/h9,11,13H,2-8,10H2,1H3,(H,17,18)/t11-,13-/m1/s1. The number of ether oxygens (including phenoxy) is 1. The summed E-state index contributed by atoms with van der Waals surface area (Å²) in [5.41, 5.74) is 1.41. The molecule has 3 rings (SSSR count). The van der Waals surface area contributed by atoms with Crippen molar-refractivity contribution in [2.24, 2.45) is 5.92 Å². The SMILES string of the molecule is CC[C@@H]1CCc2sc(C(=O)NC[C@H]3CCCO3)cc2C1. The van der Waals surface area contributed by atoms with Crippen LogP contribution in [0.1, 0.15) is 52.7 Å². The van der Waals surface area contributed by atoms with E-state index in [9.17, 15) is 4.79 Å². The van der Waals surface area contributed by atoms with Gasteiger partial charge in [-0.1, -0.05) is 13.3 Å². The number of thiophene rings is 1. The van der Waals surface area contributed by atoms with Crippen LogP contribution in [-0.2, 0) is 17.6 Å². The van der Waals surface area contributed by atoms with E-state index in [1.165, 1.54) is 23.3 Å². The van der Waals surface area contributed by atoms with Crippen LogP contribution in [0, 0.1) is 5.92 Å². The molecule has 1 aliphatic heterocycles. The first-order chi connectivity index (χ1) is 9.76. The molecule has 4 heteroatoms. The first-order valence-corrected chi connectivity index (χ1v) is 8.59. The van der Waals surface area contributed by atoms with Gasteiger partial charge in [0.05, 0.1) is 11.0 Å². The van der Waals surface area contributed by atoms with Crippen LogP contribution in [0.5, 0.6) is 0 Å². The van der Waals surface area contributed by atoms with Crippen molar-refractivity contribution in [3.05, 3.63) is 21.4 Å². The van der Waals surface area contributed by atoms with E-state index in [0.29, 0.717) is 6.54 Å². The van der Waals surface area contributed by atoms with Crippen molar-refractivity contribution in [2.75, 3.05) is 13.2 Å². The Morgan fingerprint density at radius 1 is 1.50 bits per heavy atom. The fourth-order valence-electron chi connectivity index (χ4n) is 3.16. The molecule has 2 atom stereocenters. The van der Waals surface area contributed by atoms with Gasteiger partial charge in [-0.3, -0.25) is 4.79 Å². The van der Waals surface area contributed by atoms with Gasteiger partial charge in [0.25, 0.3) is 5.91 Å². The summed E-state index contributed by atoms with van der Waals surface area (Å²) in [4.78, 5) is 14.5. The minimum absolute atomic E-state index is 0.0768. The largest absolute Gasteiger partial charge is 0.376 e. The molecule has 1 fully saturated rings. The molecule has 0 aromatic carbocycles. The molecular formula is C16H23NO2S. The van der Waals surface area contributed by atoms with Gasteiger partial charge < -0.3 is 10.1 Å². The molecule has 1 N–H and O–H groups in total. The average molecular weight is 293 g/mol. The van der Waals surface area contributed by atoms with Crippen molar-refractivity contribution in [3.63, 3.8) is 0 Å². The second kappa shape index (κ2) is 6.27. The molecular weight excluding hydrogens is 270 g/mol. The van der Waals surface area contributed by atoms with Gasteiger partial charge in [0.2, 0.25) is 0 Å². The summed E-state index contributed by atoms with van der Waals surface area (Å²) in [7, 11) is 0. The van der Waals surface area contributed by atoms with Crippen LogP contribution < -0.4 is 5.32 Å². The van der Waals surface area contributed by atoms with Gasteiger partial charge in [-0.15, -0.1) is 11.3 Å². The number of nitrogens with one attached hydrogen (secondary N) is 1. The van der Waals surface area contributed by atoms with Gasteiger partial charge in [0, 0.05) is 18.0 Å². The van der Waals surface area contributed by atoms with E-state index in [2.05, 4.69) is 18.3 Å². The molecule has 1 aliphatic carbocycles. The zero-order valence-electron chi connectivity index (χ0n) is 12.1. The molecule has 2 heterocycles. The monoisotopic (exact) mass is 293 g/mol. The zero-order valence-corrected chi connectivity index (χ0v) is 12.9. The second-order valence-corrected chi connectivity index (χ2v) is 7.06. The molecule has 20 heavy (non-hydrogen) atoms. The summed E-state index contributed by atoms with van der Waals surface area (Å²) in [6, 6.07) is 2.12. The molecule has 0 saturated carbocycles. The highest BCUT2D eigenvalue weighted by Crippen LogP contribution is 2.33. The van der Waals surface area contributed by atoms with Crippen LogP contribution in [0.2, 0.25) is 0 Å². The maximum absolute atomic E-state index is 12.2. The molecule has 1 saturated heterocycles. The molecule has 0 radical (unpaired) electrons. The van der Waals surface area contributed by atoms with Crippen LogP contribution in [-0.4, -0.2) is 25.2 Å². The number of carbonyl (C=O) groups is 1. The number of hydrogen-bond acceptors (Lipinski definition) is 3. The van der Waals surface area contributed by atoms with E-state index in [0.717, 1.165) is 43.1 Å². The Labute approximate surface area is 124 Å². The normalized spacial score (nSPS) is 25.4. The maximum atomic E-state index is 12.2. The third-order valence-electron chi connectivity index (χ3n) is 4.50. The molecule has 1 amide bonds. The van der Waals surface area contributed by atoms with Gasteiger partial charge in [0.15, 0.2) is 0 Å². The van der Waals surface area contributed by atoms with Crippen molar-refractivity contribution in [1.82, 2.24) is 5.32 Å². The Hall–Kier alpha value is -0.870. The van der Waals surface area contributed by atoms with Gasteiger partial charge in [-0.25, -0.2) is 0 Å². The van der Waals surface area contributed by atoms with Crippen molar-refractivity contribution in [3.8, 4) is 0 Å². The summed E-state index contributed by atoms with van der Waals surface area (Å²) < 4.78 is 5.54. The third kappa shape index (κ3) is 3.07. The van der Waals surface area contributed by atoms with Gasteiger partial charge in [0.1, 0.15) is 0 Å². The number of fused-ring (bicyclic) bond motifs is 1. The quantitative estimate of drug-likeness (QED) is 0.926. The Morgan fingerprint density at radius 3 is 3.15 bits per heavy atom. The lowest BCUT2D eigenvalue weighted by Crippen LogP contribution is -2.31. The lowest BCUT2D eigenvalue weighted by Gasteiger charge is -2.19. The molecule has 1 aromatic heterocycles. The highest BCUT2D eigenvalue weighted by Gasteiger charge is 2.23. The first kappa shape index (κ1) is 14.1. The summed E-state index contributed by atoms with van der Waals surface area (Å²) in [6.07, 6.45) is 7.24. The number of rotatable bonds is 4. The molecule has 0 spiro atoms. The molecule has 0 unspecified atom stereocenters. The van der Waals surface area contributed by atoms with E-state index in [1.54, 1.807) is 11.3 Å². The highest BCUT2D eigenvalue weighted by molar-refractivity contribution is 7.14. The molecule has 1 aromatic rings. The fraction of sp³-hybridized carbons (Fsp3) is 0.688. The van der Waals surface area contributed by atoms with E-state index < -0.39 is 0 Å². The van der Waals surface area contributed by atoms with E-state index in [-0.39, 0.29) is 12.0 Å². The van der Waals surface area contributed by atoms with Crippen molar-refractivity contribution < 1.29 is 9.53 Å². The Bertz CT molecular complexity index is 477. The van der Waals surface area contributed by atoms with E-state index in [4.69, 9.17) is 4.74 Å². The summed E-state index contributed by atoms with van der Waals surface area (Å²) in [5.74, 6) is 0.882. The Balaban J connectivity index is 1.59. The van der Waals surface area contributed by atoms with Crippen LogP contribution in [0.25, 0.3) is 0 Å². The molecule has 0 bridgehead atoms. The van der Waals surface area contributed by atoms with Crippen LogP contribution >= 0.6 is 11.3 Å². The molecule has 2 aliphatic rings. The number of hydrogen-bond donors (Lipinski definition) is 1. The van der Waals surface area contributed by atoms with E-state index >= 15 is 0 Å². The lowest BCUT2D eigenvalue weighted by atomic mass is 9.87. The highest BCUT2D eigenvalue weighted by atomic mass is 32.1. The Kier molecular flexibility index (Phi) is 4.41. The van der Waals surface area contributed by atoms with E-state index in [1.807, 2.05) is 0 Å².